The minimum Gasteiger partial charge on any atom is -0.480 e. The Morgan fingerprint density at radius 2 is 2.00 bits per heavy atom. The van der Waals surface area contributed by atoms with Gasteiger partial charge in [-0.25, -0.2) is 18.1 Å². The second-order valence-corrected chi connectivity index (χ2v) is 8.51. The third-order valence-corrected chi connectivity index (χ3v) is 5.49. The van der Waals surface area contributed by atoms with E-state index in [2.05, 4.69) is 21.6 Å². The molecule has 0 saturated heterocycles. The molecule has 1 saturated carbocycles. The smallest absolute Gasteiger partial charge is 0.320 e. The Labute approximate surface area is 160 Å². The molecule has 0 aromatic carbocycles. The molecule has 2 rings (SSSR count). The molecule has 10 heteroatoms. The van der Waals surface area contributed by atoms with Crippen LogP contribution in [0.15, 0.2) is 12.5 Å². The Morgan fingerprint density at radius 1 is 1.37 bits per heavy atom. The predicted molar refractivity (Wildman–Crippen MR) is 102 cm³/mol. The van der Waals surface area contributed by atoms with E-state index >= 15 is 0 Å². The second kappa shape index (κ2) is 11.8. The summed E-state index contributed by atoms with van der Waals surface area (Å²) in [5.74, 6) is -0.845. The minimum atomic E-state index is -3.21. The van der Waals surface area contributed by atoms with Crippen molar-refractivity contribution >= 4 is 21.8 Å². The summed E-state index contributed by atoms with van der Waals surface area (Å²) in [6.45, 7) is 2.15. The van der Waals surface area contributed by atoms with Gasteiger partial charge in [-0.2, -0.15) is 0 Å². The fourth-order valence-corrected chi connectivity index (χ4v) is 3.66. The first-order valence-corrected chi connectivity index (χ1v) is 10.9. The quantitative estimate of drug-likeness (QED) is 0.380. The van der Waals surface area contributed by atoms with Crippen LogP contribution in [0, 0.1) is 0 Å². The molecule has 0 amide bonds. The summed E-state index contributed by atoms with van der Waals surface area (Å²) in [4.78, 5) is 27.5. The lowest BCUT2D eigenvalue weighted by atomic mass is 10.1. The summed E-state index contributed by atoms with van der Waals surface area (Å²) >= 11 is 0. The molecule has 1 aromatic heterocycles. The van der Waals surface area contributed by atoms with Gasteiger partial charge in [-0.15, -0.1) is 0 Å². The number of ketones is 1. The highest BCUT2D eigenvalue weighted by molar-refractivity contribution is 7.89. The number of carboxylic acids is 1. The van der Waals surface area contributed by atoms with Gasteiger partial charge in [-0.05, 0) is 6.42 Å². The number of nitrogens with two attached hydrogens (primary N) is 1. The number of carbonyl (C=O) groups is 2. The zero-order valence-electron chi connectivity index (χ0n) is 15.7. The van der Waals surface area contributed by atoms with Crippen LogP contribution in [-0.2, 0) is 26.0 Å². The molecule has 1 fully saturated rings. The number of aromatic nitrogens is 2. The van der Waals surface area contributed by atoms with Crippen molar-refractivity contribution in [3.8, 4) is 0 Å². The first kappa shape index (κ1) is 23.3. The number of carboxylic acid groups (broad SMARTS) is 1. The molecule has 0 aliphatic heterocycles. The standard InChI is InChI=1S/C11H21NO3S.C6H9N3O2/c1-2-3-4-5-6-7-8-16(14,15)12-10-9-11(10)13;7-5(6(10)11)1-4-2-8-3-9-4/h10,12H,2-9H2,1H3;2-3,5H,1,7H2,(H,8,9)(H,10,11)/t;5-/m.0/s1. The Morgan fingerprint density at radius 3 is 2.52 bits per heavy atom. The van der Waals surface area contributed by atoms with Gasteiger partial charge in [0.15, 0.2) is 5.78 Å². The minimum absolute atomic E-state index is 0.00604. The average molecular weight is 403 g/mol. The summed E-state index contributed by atoms with van der Waals surface area (Å²) in [6, 6.07) is -1.27. The van der Waals surface area contributed by atoms with Crippen LogP contribution in [0.3, 0.4) is 0 Å². The monoisotopic (exact) mass is 402 g/mol. The lowest BCUT2D eigenvalue weighted by Gasteiger charge is -2.04. The number of imidazole rings is 1. The van der Waals surface area contributed by atoms with Crippen LogP contribution in [0.25, 0.3) is 0 Å². The zero-order chi connectivity index (χ0) is 20.3. The summed E-state index contributed by atoms with van der Waals surface area (Å²) in [7, 11) is -3.21. The molecule has 1 aliphatic carbocycles. The third kappa shape index (κ3) is 10.8. The van der Waals surface area contributed by atoms with Crippen LogP contribution >= 0.6 is 0 Å². The van der Waals surface area contributed by atoms with Crippen LogP contribution in [0.5, 0.6) is 0 Å². The van der Waals surface area contributed by atoms with Crippen LogP contribution in [0.4, 0.5) is 0 Å². The van der Waals surface area contributed by atoms with E-state index in [0.717, 1.165) is 12.8 Å². The van der Waals surface area contributed by atoms with Crippen molar-refractivity contribution in [2.45, 2.75) is 70.4 Å². The lowest BCUT2D eigenvalue weighted by molar-refractivity contribution is -0.138. The number of rotatable bonds is 12. The van der Waals surface area contributed by atoms with Gasteiger partial charge in [0.2, 0.25) is 10.0 Å². The molecule has 1 aliphatic rings. The average Bonchev–Trinajstić information content (AvgIpc) is 3.06. The van der Waals surface area contributed by atoms with E-state index in [9.17, 15) is 18.0 Å². The number of nitrogens with one attached hydrogen (secondary N) is 2. The normalized spacial score (nSPS) is 17.1. The number of carbonyl (C=O) groups excluding carboxylic acids is 1. The van der Waals surface area contributed by atoms with E-state index in [1.165, 1.54) is 25.6 Å². The number of aliphatic carboxylic acids is 1. The maximum atomic E-state index is 11.5. The Hall–Kier alpha value is -1.78. The largest absolute Gasteiger partial charge is 0.480 e. The Kier molecular flexibility index (Phi) is 10.2. The molecule has 1 unspecified atom stereocenters. The Bertz CT molecular complexity index is 676. The highest BCUT2D eigenvalue weighted by atomic mass is 32.2. The molecule has 1 aromatic rings. The summed E-state index contributed by atoms with van der Waals surface area (Å²) in [5, 5.41) is 8.42. The van der Waals surface area contributed by atoms with E-state index in [-0.39, 0.29) is 18.0 Å². The van der Waals surface area contributed by atoms with E-state index in [4.69, 9.17) is 10.8 Å². The SMILES string of the molecule is CCCCCCCCS(=O)(=O)NC1CC1=O.N[C@@H](Cc1c[nH]cn1)C(=O)O. The number of hydrogen-bond acceptors (Lipinski definition) is 6. The van der Waals surface area contributed by atoms with Crippen LogP contribution in [0.2, 0.25) is 0 Å². The van der Waals surface area contributed by atoms with Gasteiger partial charge in [-0.1, -0.05) is 39.0 Å². The van der Waals surface area contributed by atoms with Gasteiger partial charge < -0.3 is 15.8 Å². The van der Waals surface area contributed by atoms with Crippen molar-refractivity contribution in [1.82, 2.24) is 14.7 Å². The van der Waals surface area contributed by atoms with Crippen molar-refractivity contribution in [1.29, 1.82) is 0 Å². The molecule has 2 atom stereocenters. The molecule has 0 bridgehead atoms. The van der Waals surface area contributed by atoms with Crippen molar-refractivity contribution in [3.05, 3.63) is 18.2 Å². The molecule has 0 radical (unpaired) electrons. The van der Waals surface area contributed by atoms with Gasteiger partial charge in [0.1, 0.15) is 6.04 Å². The molecular weight excluding hydrogens is 372 g/mol. The molecule has 5 N–H and O–H groups in total. The van der Waals surface area contributed by atoms with Gasteiger partial charge >= 0.3 is 5.97 Å². The summed E-state index contributed by atoms with van der Waals surface area (Å²) in [5.41, 5.74) is 5.92. The van der Waals surface area contributed by atoms with E-state index in [0.29, 0.717) is 18.5 Å². The van der Waals surface area contributed by atoms with Crippen molar-refractivity contribution < 1.29 is 23.1 Å². The van der Waals surface area contributed by atoms with E-state index in [1.807, 2.05) is 0 Å². The predicted octanol–water partition coefficient (Wildman–Crippen LogP) is 0.972. The van der Waals surface area contributed by atoms with E-state index < -0.39 is 28.1 Å². The maximum Gasteiger partial charge on any atom is 0.320 e. The van der Waals surface area contributed by atoms with Crippen LogP contribution in [0.1, 0.15) is 57.6 Å². The number of hydrogen-bond donors (Lipinski definition) is 4. The Balaban J connectivity index is 0.000000289. The molecule has 1 heterocycles. The number of H-pyrrole nitrogens is 1. The molecular formula is C17H30N4O5S. The fourth-order valence-electron chi connectivity index (χ4n) is 2.31. The molecule has 154 valence electrons. The molecule has 27 heavy (non-hydrogen) atoms. The van der Waals surface area contributed by atoms with Crippen molar-refractivity contribution in [3.63, 3.8) is 0 Å². The topological polar surface area (TPSA) is 155 Å². The summed E-state index contributed by atoms with van der Waals surface area (Å²) in [6.07, 6.45) is 10.1. The van der Waals surface area contributed by atoms with Gasteiger partial charge in [-0.3, -0.25) is 9.59 Å². The maximum absolute atomic E-state index is 11.5. The van der Waals surface area contributed by atoms with Gasteiger partial charge in [0.05, 0.1) is 23.8 Å². The molecule has 9 nitrogen and oxygen atoms in total. The van der Waals surface area contributed by atoms with Crippen molar-refractivity contribution in [2.75, 3.05) is 5.75 Å². The number of Topliss-reactive ketones (excluding diaryl/α,β-unsaturated/α-hetero) is 1. The highest BCUT2D eigenvalue weighted by Gasteiger charge is 2.37. The second-order valence-electron chi connectivity index (χ2n) is 6.64. The first-order valence-electron chi connectivity index (χ1n) is 9.24. The van der Waals surface area contributed by atoms with Gasteiger partial charge in [0, 0.05) is 19.0 Å². The highest BCUT2D eigenvalue weighted by Crippen LogP contribution is 2.15. The van der Waals surface area contributed by atoms with E-state index in [1.54, 1.807) is 6.20 Å². The fraction of sp³-hybridized carbons (Fsp3) is 0.706. The number of unbranched alkanes of at least 4 members (excludes halogenated alkanes) is 5. The van der Waals surface area contributed by atoms with Gasteiger partial charge in [0.25, 0.3) is 0 Å². The van der Waals surface area contributed by atoms with Crippen LogP contribution in [-0.4, -0.2) is 53.1 Å². The lowest BCUT2D eigenvalue weighted by Crippen LogP contribution is -2.32. The number of sulfonamides is 1. The zero-order valence-corrected chi connectivity index (χ0v) is 16.5. The number of nitrogens with zero attached hydrogens (tertiary/aromatic N) is 1. The molecule has 0 spiro atoms. The first-order chi connectivity index (χ1) is 12.7. The summed E-state index contributed by atoms with van der Waals surface area (Å²) < 4.78 is 25.3. The number of aromatic amines is 1. The van der Waals surface area contributed by atoms with Crippen molar-refractivity contribution in [2.24, 2.45) is 5.73 Å². The third-order valence-electron chi connectivity index (χ3n) is 4.02. The van der Waals surface area contributed by atoms with Crippen LogP contribution < -0.4 is 10.5 Å².